The third-order valence-corrected chi connectivity index (χ3v) is 5.82. The summed E-state index contributed by atoms with van der Waals surface area (Å²) in [5, 5.41) is 13.1. The minimum Gasteiger partial charge on any atom is -0.481 e. The monoisotopic (exact) mass is 378 g/mol. The molecule has 2 heterocycles. The van der Waals surface area contributed by atoms with Crippen LogP contribution in [0.1, 0.15) is 29.1 Å². The number of aliphatic carboxylic acids is 1. The molecule has 1 fully saturated rings. The lowest BCUT2D eigenvalue weighted by atomic mass is 9.89. The molecule has 1 aliphatic heterocycles. The van der Waals surface area contributed by atoms with Crippen molar-refractivity contribution in [3.05, 3.63) is 50.9 Å². The van der Waals surface area contributed by atoms with E-state index in [4.69, 9.17) is 11.6 Å². The summed E-state index contributed by atoms with van der Waals surface area (Å²) in [4.78, 5) is 30.3. The van der Waals surface area contributed by atoms with Crippen molar-refractivity contribution < 1.29 is 14.7 Å². The summed E-state index contributed by atoms with van der Waals surface area (Å²) in [5.41, 5.74) is 1.66. The Morgan fingerprint density at radius 1 is 1.32 bits per heavy atom. The minimum absolute atomic E-state index is 0.0735. The van der Waals surface area contributed by atoms with Gasteiger partial charge in [0.1, 0.15) is 0 Å². The first-order chi connectivity index (χ1) is 12.0. The Kier molecular flexibility index (Phi) is 5.39. The SMILES string of the molecule is CCc1nc(CC(=O)N2C[C@@H](C(=O)O)[C@H](c3ccc(Cl)cc3)C2)cs1. The highest BCUT2D eigenvalue weighted by atomic mass is 35.5. The van der Waals surface area contributed by atoms with Crippen LogP contribution in [0.4, 0.5) is 0 Å². The molecule has 2 atom stereocenters. The first-order valence-corrected chi connectivity index (χ1v) is 9.43. The second-order valence-corrected chi connectivity index (χ2v) is 7.54. The zero-order valence-corrected chi connectivity index (χ0v) is 15.4. The molecule has 1 saturated heterocycles. The van der Waals surface area contributed by atoms with E-state index < -0.39 is 11.9 Å². The first kappa shape index (κ1) is 17.9. The molecule has 0 saturated carbocycles. The molecule has 25 heavy (non-hydrogen) atoms. The van der Waals surface area contributed by atoms with E-state index in [1.165, 1.54) is 0 Å². The van der Waals surface area contributed by atoms with Gasteiger partial charge in [-0.2, -0.15) is 0 Å². The number of carboxylic acids is 1. The Bertz CT molecular complexity index is 775. The van der Waals surface area contributed by atoms with Gasteiger partial charge in [0, 0.05) is 29.4 Å². The van der Waals surface area contributed by atoms with Crippen LogP contribution in [-0.2, 0) is 22.4 Å². The largest absolute Gasteiger partial charge is 0.481 e. The number of benzene rings is 1. The summed E-state index contributed by atoms with van der Waals surface area (Å²) in [6.45, 7) is 2.66. The van der Waals surface area contributed by atoms with Gasteiger partial charge in [0.2, 0.25) is 5.91 Å². The smallest absolute Gasteiger partial charge is 0.308 e. The van der Waals surface area contributed by atoms with Gasteiger partial charge >= 0.3 is 5.97 Å². The summed E-state index contributed by atoms with van der Waals surface area (Å²) in [6.07, 6.45) is 1.07. The summed E-state index contributed by atoms with van der Waals surface area (Å²) < 4.78 is 0. The molecule has 0 bridgehead atoms. The van der Waals surface area contributed by atoms with E-state index in [1.807, 2.05) is 24.4 Å². The average molecular weight is 379 g/mol. The number of hydrogen-bond donors (Lipinski definition) is 1. The van der Waals surface area contributed by atoms with Crippen molar-refractivity contribution in [1.82, 2.24) is 9.88 Å². The standard InChI is InChI=1S/C18H19ClN2O3S/c1-2-16-20-13(10-25-16)7-17(22)21-8-14(15(9-21)18(23)24)11-3-5-12(19)6-4-11/h3-6,10,14-15H,2,7-9H2,1H3,(H,23,24)/t14-,15+/m0/s1. The molecule has 7 heteroatoms. The quantitative estimate of drug-likeness (QED) is 0.867. The molecular formula is C18H19ClN2O3S. The Morgan fingerprint density at radius 2 is 2.04 bits per heavy atom. The van der Waals surface area contributed by atoms with Gasteiger partial charge in [-0.3, -0.25) is 9.59 Å². The predicted molar refractivity (Wildman–Crippen MR) is 97.1 cm³/mol. The molecule has 1 aromatic carbocycles. The summed E-state index contributed by atoms with van der Waals surface area (Å²) in [7, 11) is 0. The van der Waals surface area contributed by atoms with Crippen molar-refractivity contribution in [2.45, 2.75) is 25.7 Å². The van der Waals surface area contributed by atoms with E-state index in [2.05, 4.69) is 4.98 Å². The molecule has 2 aromatic rings. The molecule has 0 unspecified atom stereocenters. The van der Waals surface area contributed by atoms with Gasteiger partial charge in [-0.05, 0) is 24.1 Å². The maximum absolute atomic E-state index is 12.6. The highest BCUT2D eigenvalue weighted by Crippen LogP contribution is 2.34. The van der Waals surface area contributed by atoms with Crippen molar-refractivity contribution in [2.24, 2.45) is 5.92 Å². The number of carbonyl (C=O) groups is 2. The average Bonchev–Trinajstić information content (AvgIpc) is 3.22. The van der Waals surface area contributed by atoms with Crippen LogP contribution in [0.3, 0.4) is 0 Å². The zero-order valence-electron chi connectivity index (χ0n) is 13.8. The summed E-state index contributed by atoms with van der Waals surface area (Å²) in [5.74, 6) is -1.78. The molecule has 132 valence electrons. The van der Waals surface area contributed by atoms with E-state index in [0.29, 0.717) is 11.6 Å². The third-order valence-electron chi connectivity index (χ3n) is 4.52. The fourth-order valence-electron chi connectivity index (χ4n) is 3.16. The summed E-state index contributed by atoms with van der Waals surface area (Å²) in [6, 6.07) is 7.18. The maximum atomic E-state index is 12.6. The predicted octanol–water partition coefficient (Wildman–Crippen LogP) is 3.23. The van der Waals surface area contributed by atoms with Crippen molar-refractivity contribution in [3.63, 3.8) is 0 Å². The van der Waals surface area contributed by atoms with Gasteiger partial charge in [-0.1, -0.05) is 30.7 Å². The van der Waals surface area contributed by atoms with Gasteiger partial charge in [-0.15, -0.1) is 11.3 Å². The number of hydrogen-bond acceptors (Lipinski definition) is 4. The number of carboxylic acid groups (broad SMARTS) is 1. The number of aryl methyl sites for hydroxylation is 1. The number of halogens is 1. The number of amides is 1. The molecule has 1 N–H and O–H groups in total. The number of carbonyl (C=O) groups excluding carboxylic acids is 1. The molecule has 0 aliphatic carbocycles. The molecule has 1 aromatic heterocycles. The first-order valence-electron chi connectivity index (χ1n) is 8.17. The van der Waals surface area contributed by atoms with Gasteiger partial charge in [0.15, 0.2) is 0 Å². The fraction of sp³-hybridized carbons (Fsp3) is 0.389. The van der Waals surface area contributed by atoms with Crippen LogP contribution in [0.2, 0.25) is 5.02 Å². The Hall–Kier alpha value is -1.92. The van der Waals surface area contributed by atoms with Crippen molar-refractivity contribution >= 4 is 34.8 Å². The zero-order chi connectivity index (χ0) is 18.0. The molecule has 0 radical (unpaired) electrons. The van der Waals surface area contributed by atoms with Gasteiger partial charge in [0.05, 0.1) is 23.0 Å². The lowest BCUT2D eigenvalue weighted by molar-refractivity contribution is -0.141. The van der Waals surface area contributed by atoms with Gasteiger partial charge in [0.25, 0.3) is 0 Å². The Balaban J connectivity index is 1.73. The molecule has 0 spiro atoms. The minimum atomic E-state index is -0.878. The second-order valence-electron chi connectivity index (χ2n) is 6.16. The number of thiazole rings is 1. The summed E-state index contributed by atoms with van der Waals surface area (Å²) >= 11 is 7.46. The normalized spacial score (nSPS) is 20.0. The molecule has 1 amide bonds. The highest BCUT2D eigenvalue weighted by molar-refractivity contribution is 7.09. The molecule has 5 nitrogen and oxygen atoms in total. The van der Waals surface area contributed by atoms with E-state index in [9.17, 15) is 14.7 Å². The van der Waals surface area contributed by atoms with Crippen LogP contribution in [-0.4, -0.2) is 40.0 Å². The van der Waals surface area contributed by atoms with Crippen LogP contribution >= 0.6 is 22.9 Å². The van der Waals surface area contributed by atoms with Gasteiger partial charge in [-0.25, -0.2) is 4.98 Å². The number of aromatic nitrogens is 1. The van der Waals surface area contributed by atoms with Crippen LogP contribution in [0.5, 0.6) is 0 Å². The Labute approximate surface area is 155 Å². The van der Waals surface area contributed by atoms with E-state index in [1.54, 1.807) is 28.4 Å². The third kappa shape index (κ3) is 4.02. The van der Waals surface area contributed by atoms with Crippen molar-refractivity contribution in [1.29, 1.82) is 0 Å². The number of likely N-dealkylation sites (tertiary alicyclic amines) is 1. The van der Waals surface area contributed by atoms with Crippen LogP contribution in [0.15, 0.2) is 29.6 Å². The van der Waals surface area contributed by atoms with Crippen LogP contribution < -0.4 is 0 Å². The molecule has 3 rings (SSSR count). The lowest BCUT2D eigenvalue weighted by Gasteiger charge is -2.16. The van der Waals surface area contributed by atoms with Crippen LogP contribution in [0, 0.1) is 5.92 Å². The topological polar surface area (TPSA) is 70.5 Å². The van der Waals surface area contributed by atoms with Crippen LogP contribution in [0.25, 0.3) is 0 Å². The Morgan fingerprint density at radius 3 is 2.64 bits per heavy atom. The number of nitrogens with zero attached hydrogens (tertiary/aromatic N) is 2. The highest BCUT2D eigenvalue weighted by Gasteiger charge is 2.40. The van der Waals surface area contributed by atoms with E-state index >= 15 is 0 Å². The van der Waals surface area contributed by atoms with Gasteiger partial charge < -0.3 is 10.0 Å². The lowest BCUT2D eigenvalue weighted by Crippen LogP contribution is -2.31. The second kappa shape index (κ2) is 7.54. The number of rotatable bonds is 5. The van der Waals surface area contributed by atoms with Crippen molar-refractivity contribution in [2.75, 3.05) is 13.1 Å². The maximum Gasteiger partial charge on any atom is 0.308 e. The molecular weight excluding hydrogens is 360 g/mol. The van der Waals surface area contributed by atoms with E-state index in [-0.39, 0.29) is 24.8 Å². The van der Waals surface area contributed by atoms with Crippen molar-refractivity contribution in [3.8, 4) is 0 Å². The fourth-order valence-corrected chi connectivity index (χ4v) is 4.04. The molecule has 1 aliphatic rings. The van der Waals surface area contributed by atoms with E-state index in [0.717, 1.165) is 22.7 Å².